The maximum absolute atomic E-state index is 12.1. The number of nitrogens with zero attached hydrogens (tertiary/aromatic N) is 1. The molecule has 2 heterocycles. The van der Waals surface area contributed by atoms with E-state index in [0.29, 0.717) is 12.6 Å². The van der Waals surface area contributed by atoms with Gasteiger partial charge in [0, 0.05) is 32.2 Å². The van der Waals surface area contributed by atoms with Gasteiger partial charge in [-0.3, -0.25) is 15.1 Å². The molecule has 3 rings (SSSR count). The highest BCUT2D eigenvalue weighted by atomic mass is 16.5. The molecule has 2 unspecified atom stereocenters. The first kappa shape index (κ1) is 18.0. The van der Waals surface area contributed by atoms with E-state index < -0.39 is 0 Å². The van der Waals surface area contributed by atoms with Crippen LogP contribution in [0, 0.1) is 0 Å². The van der Waals surface area contributed by atoms with E-state index in [1.165, 1.54) is 11.1 Å². The third-order valence-electron chi connectivity index (χ3n) is 4.93. The van der Waals surface area contributed by atoms with E-state index in [-0.39, 0.29) is 11.9 Å². The summed E-state index contributed by atoms with van der Waals surface area (Å²) in [5.74, 6) is 1.62. The van der Waals surface area contributed by atoms with Gasteiger partial charge in [-0.05, 0) is 43.0 Å². The van der Waals surface area contributed by atoms with Crippen LogP contribution in [-0.2, 0) is 17.8 Å². The Labute approximate surface area is 149 Å². The standard InChI is InChI=1S/C18H28N4O3/c1-12-8-15(21-20-12)18(23)19-5-7-22-6-4-13-9-16(24-2)17(25-3)10-14(13)11-22/h9-10,12,15,20-21H,4-8,11H2,1-3H3,(H,19,23). The van der Waals surface area contributed by atoms with Gasteiger partial charge in [0.1, 0.15) is 6.04 Å². The van der Waals surface area contributed by atoms with Crippen LogP contribution in [0.25, 0.3) is 0 Å². The highest BCUT2D eigenvalue weighted by Gasteiger charge is 2.26. The normalized spacial score (nSPS) is 23.2. The summed E-state index contributed by atoms with van der Waals surface area (Å²) in [5.41, 5.74) is 8.69. The van der Waals surface area contributed by atoms with Crippen molar-refractivity contribution >= 4 is 5.91 Å². The number of hydrazine groups is 1. The maximum atomic E-state index is 12.1. The summed E-state index contributed by atoms with van der Waals surface area (Å²) in [4.78, 5) is 14.5. The Balaban J connectivity index is 1.50. The van der Waals surface area contributed by atoms with Crippen LogP contribution in [0.3, 0.4) is 0 Å². The molecule has 25 heavy (non-hydrogen) atoms. The van der Waals surface area contributed by atoms with Crippen LogP contribution in [0.5, 0.6) is 11.5 Å². The molecule has 2 atom stereocenters. The molecule has 1 amide bonds. The molecular weight excluding hydrogens is 320 g/mol. The average Bonchev–Trinajstić information content (AvgIpc) is 3.06. The number of ether oxygens (including phenoxy) is 2. The van der Waals surface area contributed by atoms with Gasteiger partial charge >= 0.3 is 0 Å². The molecule has 1 saturated heterocycles. The fourth-order valence-corrected chi connectivity index (χ4v) is 3.48. The average molecular weight is 348 g/mol. The molecule has 3 N–H and O–H groups in total. The van der Waals surface area contributed by atoms with E-state index in [4.69, 9.17) is 9.47 Å². The predicted molar refractivity (Wildman–Crippen MR) is 95.7 cm³/mol. The Morgan fingerprint density at radius 3 is 2.60 bits per heavy atom. The zero-order valence-electron chi connectivity index (χ0n) is 15.2. The number of carbonyl (C=O) groups excluding carboxylic acids is 1. The largest absolute Gasteiger partial charge is 0.493 e. The first-order valence-corrected chi connectivity index (χ1v) is 8.85. The zero-order chi connectivity index (χ0) is 17.8. The minimum absolute atomic E-state index is 0.0701. The Hall–Kier alpha value is -1.83. The summed E-state index contributed by atoms with van der Waals surface area (Å²) in [6.45, 7) is 5.42. The molecule has 7 heteroatoms. The first-order chi connectivity index (χ1) is 12.1. The van der Waals surface area contributed by atoms with E-state index in [0.717, 1.165) is 44.0 Å². The summed E-state index contributed by atoms with van der Waals surface area (Å²) in [7, 11) is 3.32. The van der Waals surface area contributed by atoms with Crippen LogP contribution in [-0.4, -0.2) is 56.7 Å². The smallest absolute Gasteiger partial charge is 0.238 e. The quantitative estimate of drug-likeness (QED) is 0.692. The van der Waals surface area contributed by atoms with Gasteiger partial charge in [-0.2, -0.15) is 0 Å². The lowest BCUT2D eigenvalue weighted by Gasteiger charge is -2.29. The molecule has 0 saturated carbocycles. The van der Waals surface area contributed by atoms with Crippen molar-refractivity contribution in [1.82, 2.24) is 21.1 Å². The third kappa shape index (κ3) is 4.23. The summed E-state index contributed by atoms with van der Waals surface area (Å²) in [6.07, 6.45) is 1.81. The lowest BCUT2D eigenvalue weighted by molar-refractivity contribution is -0.122. The Kier molecular flexibility index (Phi) is 5.78. The Bertz CT molecular complexity index is 623. The van der Waals surface area contributed by atoms with Crippen molar-refractivity contribution in [1.29, 1.82) is 0 Å². The molecule has 0 radical (unpaired) electrons. The molecule has 2 aliphatic rings. The number of hydrogen-bond acceptors (Lipinski definition) is 6. The second-order valence-corrected chi connectivity index (χ2v) is 6.77. The van der Waals surface area contributed by atoms with Gasteiger partial charge in [0.05, 0.1) is 14.2 Å². The fraction of sp³-hybridized carbons (Fsp3) is 0.611. The van der Waals surface area contributed by atoms with Crippen molar-refractivity contribution in [2.75, 3.05) is 33.9 Å². The highest BCUT2D eigenvalue weighted by Crippen LogP contribution is 2.33. The first-order valence-electron chi connectivity index (χ1n) is 8.85. The molecule has 2 aliphatic heterocycles. The predicted octanol–water partition coefficient (Wildman–Crippen LogP) is 0.433. The second-order valence-electron chi connectivity index (χ2n) is 6.77. The molecule has 1 aromatic carbocycles. The lowest BCUT2D eigenvalue weighted by Crippen LogP contribution is -2.45. The van der Waals surface area contributed by atoms with E-state index in [9.17, 15) is 4.79 Å². The van der Waals surface area contributed by atoms with E-state index >= 15 is 0 Å². The lowest BCUT2D eigenvalue weighted by atomic mass is 9.99. The molecule has 0 spiro atoms. The van der Waals surface area contributed by atoms with Crippen molar-refractivity contribution in [2.45, 2.75) is 38.4 Å². The second kappa shape index (κ2) is 8.03. The Morgan fingerprint density at radius 1 is 1.24 bits per heavy atom. The number of nitrogens with one attached hydrogen (secondary N) is 3. The third-order valence-corrected chi connectivity index (χ3v) is 4.93. The van der Waals surface area contributed by atoms with Gasteiger partial charge in [-0.25, -0.2) is 5.43 Å². The fourth-order valence-electron chi connectivity index (χ4n) is 3.48. The van der Waals surface area contributed by atoms with Crippen molar-refractivity contribution in [3.63, 3.8) is 0 Å². The molecule has 7 nitrogen and oxygen atoms in total. The molecule has 1 aromatic rings. The zero-order valence-corrected chi connectivity index (χ0v) is 15.2. The van der Waals surface area contributed by atoms with Crippen LogP contribution >= 0.6 is 0 Å². The van der Waals surface area contributed by atoms with Crippen LogP contribution in [0.1, 0.15) is 24.5 Å². The summed E-state index contributed by atoms with van der Waals surface area (Å²) < 4.78 is 10.8. The summed E-state index contributed by atoms with van der Waals surface area (Å²) >= 11 is 0. The van der Waals surface area contributed by atoms with Crippen LogP contribution in [0.15, 0.2) is 12.1 Å². The van der Waals surface area contributed by atoms with Crippen molar-refractivity contribution in [3.05, 3.63) is 23.3 Å². The number of fused-ring (bicyclic) bond motifs is 1. The maximum Gasteiger partial charge on any atom is 0.238 e. The SMILES string of the molecule is COc1cc2c(cc1OC)CN(CCNC(=O)C1CC(C)NN1)CC2. The van der Waals surface area contributed by atoms with Gasteiger partial charge in [0.15, 0.2) is 11.5 Å². The minimum atomic E-state index is -0.131. The number of amides is 1. The topological polar surface area (TPSA) is 74.9 Å². The molecular formula is C18H28N4O3. The van der Waals surface area contributed by atoms with Gasteiger partial charge in [0.2, 0.25) is 5.91 Å². The molecule has 0 aliphatic carbocycles. The Morgan fingerprint density at radius 2 is 1.96 bits per heavy atom. The number of benzene rings is 1. The molecule has 0 aromatic heterocycles. The monoisotopic (exact) mass is 348 g/mol. The van der Waals surface area contributed by atoms with Crippen LogP contribution in [0.4, 0.5) is 0 Å². The minimum Gasteiger partial charge on any atom is -0.493 e. The molecule has 0 bridgehead atoms. The van der Waals surface area contributed by atoms with Crippen molar-refractivity contribution < 1.29 is 14.3 Å². The summed E-state index contributed by atoms with van der Waals surface area (Å²) in [5, 5.41) is 3.03. The molecule has 1 fully saturated rings. The van der Waals surface area contributed by atoms with Crippen molar-refractivity contribution in [2.24, 2.45) is 0 Å². The number of methoxy groups -OCH3 is 2. The van der Waals surface area contributed by atoms with E-state index in [1.807, 2.05) is 0 Å². The van der Waals surface area contributed by atoms with Gasteiger partial charge in [0.25, 0.3) is 0 Å². The number of carbonyl (C=O) groups is 1. The van der Waals surface area contributed by atoms with Crippen LogP contribution < -0.4 is 25.6 Å². The number of rotatable bonds is 6. The van der Waals surface area contributed by atoms with Crippen LogP contribution in [0.2, 0.25) is 0 Å². The van der Waals surface area contributed by atoms with E-state index in [2.05, 4.69) is 40.1 Å². The summed E-state index contributed by atoms with van der Waals surface area (Å²) in [6, 6.07) is 4.34. The van der Waals surface area contributed by atoms with Gasteiger partial charge in [-0.15, -0.1) is 0 Å². The van der Waals surface area contributed by atoms with Crippen molar-refractivity contribution in [3.8, 4) is 11.5 Å². The van der Waals surface area contributed by atoms with E-state index in [1.54, 1.807) is 14.2 Å². The van der Waals surface area contributed by atoms with Gasteiger partial charge in [-0.1, -0.05) is 0 Å². The number of hydrogen-bond donors (Lipinski definition) is 3. The molecule has 138 valence electrons. The van der Waals surface area contributed by atoms with Gasteiger partial charge < -0.3 is 14.8 Å². The highest BCUT2D eigenvalue weighted by molar-refractivity contribution is 5.82.